The summed E-state index contributed by atoms with van der Waals surface area (Å²) in [7, 11) is 0. The van der Waals surface area contributed by atoms with E-state index in [4.69, 9.17) is 0 Å². The van der Waals surface area contributed by atoms with Crippen molar-refractivity contribution in [2.75, 3.05) is 26.2 Å². The van der Waals surface area contributed by atoms with Gasteiger partial charge in [-0.2, -0.15) is 5.10 Å². The zero-order chi connectivity index (χ0) is 17.6. The number of aromatic nitrogens is 2. The lowest BCUT2D eigenvalue weighted by atomic mass is 9.91. The number of nitrogens with one attached hydrogen (secondary N) is 1. The van der Waals surface area contributed by atoms with Crippen molar-refractivity contribution in [1.82, 2.24) is 20.0 Å². The molecular formula is C20H28N4O. The number of nitrogens with zero attached hydrogens (tertiary/aromatic N) is 3. The molecule has 1 aliphatic rings. The number of benzene rings is 1. The number of hydrogen-bond donors (Lipinski definition) is 1. The van der Waals surface area contributed by atoms with Gasteiger partial charge in [0.05, 0.1) is 11.8 Å². The fourth-order valence-corrected chi connectivity index (χ4v) is 3.67. The minimum absolute atomic E-state index is 0.0196. The van der Waals surface area contributed by atoms with E-state index in [2.05, 4.69) is 45.6 Å². The van der Waals surface area contributed by atoms with Crippen molar-refractivity contribution in [3.63, 3.8) is 0 Å². The first-order valence-electron chi connectivity index (χ1n) is 9.27. The van der Waals surface area contributed by atoms with Crippen LogP contribution in [0.1, 0.15) is 47.3 Å². The third-order valence-corrected chi connectivity index (χ3v) is 5.14. The highest BCUT2D eigenvalue weighted by Gasteiger charge is 2.21. The van der Waals surface area contributed by atoms with Crippen molar-refractivity contribution in [3.8, 4) is 0 Å². The lowest BCUT2D eigenvalue weighted by Gasteiger charge is -2.33. The molecule has 1 amide bonds. The van der Waals surface area contributed by atoms with Crippen LogP contribution in [0.2, 0.25) is 0 Å². The fourth-order valence-electron chi connectivity index (χ4n) is 3.67. The van der Waals surface area contributed by atoms with E-state index in [0.717, 1.165) is 31.9 Å². The van der Waals surface area contributed by atoms with E-state index in [1.54, 1.807) is 6.20 Å². The molecule has 2 aromatic rings. The number of carbonyl (C=O) groups excluding carboxylic acids is 1. The van der Waals surface area contributed by atoms with Gasteiger partial charge in [-0.25, -0.2) is 0 Å². The zero-order valence-corrected chi connectivity index (χ0v) is 15.2. The predicted molar refractivity (Wildman–Crippen MR) is 99.8 cm³/mol. The molecule has 1 unspecified atom stereocenters. The van der Waals surface area contributed by atoms with Crippen LogP contribution in [0.5, 0.6) is 0 Å². The molecule has 1 aromatic carbocycles. The van der Waals surface area contributed by atoms with Gasteiger partial charge < -0.3 is 10.2 Å². The van der Waals surface area contributed by atoms with Crippen LogP contribution in [0.15, 0.2) is 36.5 Å². The van der Waals surface area contributed by atoms with Crippen LogP contribution in [0.25, 0.3) is 0 Å². The average Bonchev–Trinajstić information content (AvgIpc) is 3.03. The van der Waals surface area contributed by atoms with E-state index < -0.39 is 0 Å². The first-order valence-corrected chi connectivity index (χ1v) is 9.27. The number of amides is 1. The SMILES string of the molecule is CCn1ncc(C(=O)NCCN2CCCC(c3ccccc3)C2)c1C. The lowest BCUT2D eigenvalue weighted by Crippen LogP contribution is -2.40. The molecule has 1 atom stereocenters. The lowest BCUT2D eigenvalue weighted by molar-refractivity contribution is 0.0945. The number of carbonyl (C=O) groups is 1. The average molecular weight is 340 g/mol. The van der Waals surface area contributed by atoms with Crippen molar-refractivity contribution in [2.24, 2.45) is 0 Å². The molecule has 1 aromatic heterocycles. The van der Waals surface area contributed by atoms with Crippen LogP contribution < -0.4 is 5.32 Å². The van der Waals surface area contributed by atoms with Crippen LogP contribution in [0, 0.1) is 6.92 Å². The summed E-state index contributed by atoms with van der Waals surface area (Å²) in [5.74, 6) is 0.588. The first-order chi connectivity index (χ1) is 12.2. The van der Waals surface area contributed by atoms with Gasteiger partial charge in [0, 0.05) is 31.9 Å². The Labute approximate surface area is 150 Å². The number of rotatable bonds is 6. The second kappa shape index (κ2) is 8.30. The Bertz CT molecular complexity index is 695. The minimum Gasteiger partial charge on any atom is -0.351 e. The molecule has 0 spiro atoms. The molecule has 1 fully saturated rings. The Hall–Kier alpha value is -2.14. The smallest absolute Gasteiger partial charge is 0.254 e. The highest BCUT2D eigenvalue weighted by molar-refractivity contribution is 5.95. The molecule has 0 aliphatic carbocycles. The zero-order valence-electron chi connectivity index (χ0n) is 15.2. The van der Waals surface area contributed by atoms with Crippen LogP contribution in [-0.4, -0.2) is 46.8 Å². The largest absolute Gasteiger partial charge is 0.351 e. The molecule has 5 heteroatoms. The maximum atomic E-state index is 12.3. The Morgan fingerprint density at radius 2 is 2.12 bits per heavy atom. The maximum absolute atomic E-state index is 12.3. The van der Waals surface area contributed by atoms with Gasteiger partial charge in [-0.3, -0.25) is 9.48 Å². The molecular weight excluding hydrogens is 312 g/mol. The third kappa shape index (κ3) is 4.28. The first kappa shape index (κ1) is 17.7. The number of aryl methyl sites for hydroxylation is 1. The third-order valence-electron chi connectivity index (χ3n) is 5.14. The monoisotopic (exact) mass is 340 g/mol. The molecule has 0 bridgehead atoms. The van der Waals surface area contributed by atoms with Crippen molar-refractivity contribution in [1.29, 1.82) is 0 Å². The number of likely N-dealkylation sites (tertiary alicyclic amines) is 1. The van der Waals surface area contributed by atoms with Crippen molar-refractivity contribution in [3.05, 3.63) is 53.3 Å². The standard InChI is InChI=1S/C20H28N4O/c1-3-24-16(2)19(14-22-24)20(25)21-11-13-23-12-7-10-18(15-23)17-8-5-4-6-9-17/h4-6,8-9,14,18H,3,7,10-13,15H2,1-2H3,(H,21,25). The molecule has 1 N–H and O–H groups in total. The van der Waals surface area contributed by atoms with Crippen LogP contribution in [-0.2, 0) is 6.54 Å². The van der Waals surface area contributed by atoms with Gasteiger partial charge in [0.15, 0.2) is 0 Å². The molecule has 25 heavy (non-hydrogen) atoms. The van der Waals surface area contributed by atoms with Crippen molar-refractivity contribution in [2.45, 2.75) is 39.2 Å². The highest BCUT2D eigenvalue weighted by Crippen LogP contribution is 2.26. The van der Waals surface area contributed by atoms with Crippen molar-refractivity contribution < 1.29 is 4.79 Å². The van der Waals surface area contributed by atoms with Crippen LogP contribution in [0.3, 0.4) is 0 Å². The van der Waals surface area contributed by atoms with Gasteiger partial charge in [-0.15, -0.1) is 0 Å². The van der Waals surface area contributed by atoms with Gasteiger partial charge >= 0.3 is 0 Å². The molecule has 5 nitrogen and oxygen atoms in total. The Kier molecular flexibility index (Phi) is 5.87. The highest BCUT2D eigenvalue weighted by atomic mass is 16.1. The molecule has 0 radical (unpaired) electrons. The summed E-state index contributed by atoms with van der Waals surface area (Å²) < 4.78 is 1.85. The summed E-state index contributed by atoms with van der Waals surface area (Å²) in [6.45, 7) is 8.53. The summed E-state index contributed by atoms with van der Waals surface area (Å²) in [5, 5.41) is 7.29. The predicted octanol–water partition coefficient (Wildman–Crippen LogP) is 2.82. The molecule has 2 heterocycles. The Balaban J connectivity index is 1.48. The van der Waals surface area contributed by atoms with Crippen LogP contribution in [0.4, 0.5) is 0 Å². The van der Waals surface area contributed by atoms with Gasteiger partial charge in [0.2, 0.25) is 0 Å². The maximum Gasteiger partial charge on any atom is 0.254 e. The topological polar surface area (TPSA) is 50.2 Å². The Morgan fingerprint density at radius 3 is 2.84 bits per heavy atom. The molecule has 134 valence electrons. The molecule has 1 saturated heterocycles. The van der Waals surface area contributed by atoms with E-state index in [1.807, 2.05) is 18.5 Å². The summed E-state index contributed by atoms with van der Waals surface area (Å²) >= 11 is 0. The van der Waals surface area contributed by atoms with Crippen molar-refractivity contribution >= 4 is 5.91 Å². The normalized spacial score (nSPS) is 18.2. The van der Waals surface area contributed by atoms with E-state index in [9.17, 15) is 4.79 Å². The minimum atomic E-state index is -0.0196. The second-order valence-electron chi connectivity index (χ2n) is 6.77. The van der Waals surface area contributed by atoms with E-state index >= 15 is 0 Å². The van der Waals surface area contributed by atoms with E-state index in [1.165, 1.54) is 18.4 Å². The number of hydrogen-bond acceptors (Lipinski definition) is 3. The Morgan fingerprint density at radius 1 is 1.32 bits per heavy atom. The number of piperidine rings is 1. The molecule has 0 saturated carbocycles. The van der Waals surface area contributed by atoms with E-state index in [-0.39, 0.29) is 5.91 Å². The second-order valence-corrected chi connectivity index (χ2v) is 6.77. The summed E-state index contributed by atoms with van der Waals surface area (Å²) in [5.41, 5.74) is 3.05. The summed E-state index contributed by atoms with van der Waals surface area (Å²) in [4.78, 5) is 14.8. The molecule has 3 rings (SSSR count). The van der Waals surface area contributed by atoms with E-state index in [0.29, 0.717) is 18.0 Å². The van der Waals surface area contributed by atoms with Gasteiger partial charge in [0.1, 0.15) is 0 Å². The fraction of sp³-hybridized carbons (Fsp3) is 0.500. The van der Waals surface area contributed by atoms with Gasteiger partial charge in [-0.1, -0.05) is 30.3 Å². The van der Waals surface area contributed by atoms with Gasteiger partial charge in [-0.05, 0) is 44.7 Å². The quantitative estimate of drug-likeness (QED) is 0.880. The summed E-state index contributed by atoms with van der Waals surface area (Å²) in [6.07, 6.45) is 4.14. The van der Waals surface area contributed by atoms with Gasteiger partial charge in [0.25, 0.3) is 5.91 Å². The molecule has 1 aliphatic heterocycles. The summed E-state index contributed by atoms with van der Waals surface area (Å²) in [6, 6.07) is 10.8. The van der Waals surface area contributed by atoms with Crippen LogP contribution >= 0.6 is 0 Å².